The first-order valence-electron chi connectivity index (χ1n) is 5.75. The zero-order chi connectivity index (χ0) is 13.1. The molecule has 0 radical (unpaired) electrons. The van der Waals surface area contributed by atoms with E-state index in [0.717, 1.165) is 26.8 Å². The predicted octanol–water partition coefficient (Wildman–Crippen LogP) is 3.11. The molecule has 0 fully saturated rings. The Bertz CT molecular complexity index is 537. The largest absolute Gasteiger partial charge is 0.328 e. The van der Waals surface area contributed by atoms with Crippen LogP contribution in [0.25, 0.3) is 0 Å². The molecule has 0 aliphatic carbocycles. The van der Waals surface area contributed by atoms with Gasteiger partial charge in [0, 0.05) is 29.2 Å². The minimum atomic E-state index is 0.0955. The zero-order valence-electron chi connectivity index (χ0n) is 10.4. The average molecular weight is 282 g/mol. The molecule has 0 spiro atoms. The van der Waals surface area contributed by atoms with Crippen LogP contribution in [0.4, 0.5) is 0 Å². The maximum Gasteiger partial charge on any atom is 0.0629 e. The van der Waals surface area contributed by atoms with Crippen molar-refractivity contribution in [3.63, 3.8) is 0 Å². The fourth-order valence-electron chi connectivity index (χ4n) is 1.73. The number of hydrogen-bond donors (Lipinski definition) is 1. The summed E-state index contributed by atoms with van der Waals surface area (Å²) in [7, 11) is 1.91. The molecule has 1 atom stereocenters. The lowest BCUT2D eigenvalue weighted by Crippen LogP contribution is -2.18. The summed E-state index contributed by atoms with van der Waals surface area (Å²) in [5, 5.41) is 4.94. The van der Waals surface area contributed by atoms with E-state index >= 15 is 0 Å². The number of halogens is 1. The van der Waals surface area contributed by atoms with Crippen molar-refractivity contribution in [3.8, 4) is 0 Å². The van der Waals surface area contributed by atoms with Gasteiger partial charge in [0.25, 0.3) is 0 Å². The molecule has 0 aliphatic heterocycles. The first-order valence-corrected chi connectivity index (χ1v) is 6.95. The zero-order valence-corrected chi connectivity index (χ0v) is 12.0. The molecule has 1 unspecified atom stereocenters. The molecule has 0 aliphatic rings. The lowest BCUT2D eigenvalue weighted by atomic mass is 10.1. The van der Waals surface area contributed by atoms with Crippen LogP contribution in [-0.2, 0) is 13.5 Å². The molecule has 3 nitrogen and oxygen atoms in total. The molecule has 0 saturated heterocycles. The van der Waals surface area contributed by atoms with Crippen molar-refractivity contribution in [1.29, 1.82) is 0 Å². The van der Waals surface area contributed by atoms with Crippen LogP contribution < -0.4 is 5.73 Å². The minimum Gasteiger partial charge on any atom is -0.328 e. The van der Waals surface area contributed by atoms with Gasteiger partial charge in [-0.25, -0.2) is 0 Å². The second-order valence-corrected chi connectivity index (χ2v) is 5.87. The van der Waals surface area contributed by atoms with Crippen molar-refractivity contribution in [1.82, 2.24) is 9.78 Å². The van der Waals surface area contributed by atoms with Crippen LogP contribution in [0.2, 0.25) is 5.02 Å². The van der Waals surface area contributed by atoms with Crippen molar-refractivity contribution in [2.75, 3.05) is 0 Å². The monoisotopic (exact) mass is 281 g/mol. The summed E-state index contributed by atoms with van der Waals surface area (Å²) in [5.74, 6) is 0. The van der Waals surface area contributed by atoms with Crippen LogP contribution in [0.1, 0.15) is 12.5 Å². The number of rotatable bonds is 4. The lowest BCUT2D eigenvalue weighted by Gasteiger charge is -2.12. The van der Waals surface area contributed by atoms with E-state index in [4.69, 9.17) is 17.3 Å². The summed E-state index contributed by atoms with van der Waals surface area (Å²) in [6.07, 6.45) is 4.62. The molecule has 1 aromatic carbocycles. The number of benzene rings is 1. The third-order valence-electron chi connectivity index (χ3n) is 2.51. The van der Waals surface area contributed by atoms with E-state index in [1.807, 2.05) is 38.5 Å². The van der Waals surface area contributed by atoms with Gasteiger partial charge in [0.15, 0.2) is 0 Å². The molecular weight excluding hydrogens is 266 g/mol. The SMILES string of the molecule is CC(N)Cc1c(Cl)cccc1Sc1cnn(C)c1. The van der Waals surface area contributed by atoms with Crippen LogP contribution in [0, 0.1) is 0 Å². The Balaban J connectivity index is 2.29. The Hall–Kier alpha value is -0.970. The number of hydrogen-bond acceptors (Lipinski definition) is 3. The van der Waals surface area contributed by atoms with Crippen LogP contribution in [0.15, 0.2) is 40.4 Å². The van der Waals surface area contributed by atoms with E-state index in [1.54, 1.807) is 16.4 Å². The number of nitrogens with two attached hydrogens (primary N) is 1. The summed E-state index contributed by atoms with van der Waals surface area (Å²) in [6, 6.07) is 6.04. The highest BCUT2D eigenvalue weighted by atomic mass is 35.5. The Morgan fingerprint density at radius 1 is 1.50 bits per heavy atom. The van der Waals surface area contributed by atoms with E-state index in [-0.39, 0.29) is 6.04 Å². The third-order valence-corrected chi connectivity index (χ3v) is 3.91. The Morgan fingerprint density at radius 2 is 2.28 bits per heavy atom. The number of nitrogens with zero attached hydrogens (tertiary/aromatic N) is 2. The fraction of sp³-hybridized carbons (Fsp3) is 0.308. The van der Waals surface area contributed by atoms with Gasteiger partial charge >= 0.3 is 0 Å². The standard InChI is InChI=1S/C13H16ClN3S/c1-9(15)6-11-12(14)4-3-5-13(11)18-10-7-16-17(2)8-10/h3-5,7-9H,6,15H2,1-2H3. The average Bonchev–Trinajstić information content (AvgIpc) is 2.69. The molecule has 2 aromatic rings. The Kier molecular flexibility index (Phi) is 4.32. The van der Waals surface area contributed by atoms with E-state index in [2.05, 4.69) is 11.2 Å². The van der Waals surface area contributed by atoms with Gasteiger partial charge in [-0.3, -0.25) is 4.68 Å². The van der Waals surface area contributed by atoms with Gasteiger partial charge < -0.3 is 5.73 Å². The second-order valence-electron chi connectivity index (χ2n) is 4.35. The summed E-state index contributed by atoms with van der Waals surface area (Å²) < 4.78 is 1.79. The van der Waals surface area contributed by atoms with Gasteiger partial charge in [-0.05, 0) is 31.0 Å². The minimum absolute atomic E-state index is 0.0955. The van der Waals surface area contributed by atoms with Gasteiger partial charge in [-0.1, -0.05) is 29.4 Å². The van der Waals surface area contributed by atoms with Crippen LogP contribution in [0.5, 0.6) is 0 Å². The van der Waals surface area contributed by atoms with E-state index in [9.17, 15) is 0 Å². The lowest BCUT2D eigenvalue weighted by molar-refractivity contribution is 0.729. The fourth-order valence-corrected chi connectivity index (χ4v) is 3.06. The van der Waals surface area contributed by atoms with Crippen molar-refractivity contribution < 1.29 is 0 Å². The van der Waals surface area contributed by atoms with Crippen molar-refractivity contribution in [2.24, 2.45) is 12.8 Å². The topological polar surface area (TPSA) is 43.8 Å². The van der Waals surface area contributed by atoms with E-state index in [1.165, 1.54) is 0 Å². The molecular formula is C13H16ClN3S. The Labute approximate surface area is 116 Å². The van der Waals surface area contributed by atoms with Crippen LogP contribution in [-0.4, -0.2) is 15.8 Å². The summed E-state index contributed by atoms with van der Waals surface area (Å²) in [4.78, 5) is 2.25. The molecule has 5 heteroatoms. The molecule has 0 amide bonds. The van der Waals surface area contributed by atoms with Crippen molar-refractivity contribution >= 4 is 23.4 Å². The molecule has 2 rings (SSSR count). The van der Waals surface area contributed by atoms with E-state index in [0.29, 0.717) is 0 Å². The maximum absolute atomic E-state index is 6.26. The molecule has 0 saturated carbocycles. The highest BCUT2D eigenvalue weighted by Crippen LogP contribution is 2.34. The van der Waals surface area contributed by atoms with Crippen LogP contribution in [0.3, 0.4) is 0 Å². The quantitative estimate of drug-likeness (QED) is 0.936. The molecule has 0 bridgehead atoms. The smallest absolute Gasteiger partial charge is 0.0629 e. The van der Waals surface area contributed by atoms with E-state index < -0.39 is 0 Å². The van der Waals surface area contributed by atoms with Gasteiger partial charge in [0.2, 0.25) is 0 Å². The predicted molar refractivity (Wildman–Crippen MR) is 76.1 cm³/mol. The third kappa shape index (κ3) is 3.28. The summed E-state index contributed by atoms with van der Waals surface area (Å²) in [6.45, 7) is 1.99. The molecule has 96 valence electrons. The summed E-state index contributed by atoms with van der Waals surface area (Å²) in [5.41, 5.74) is 6.99. The molecule has 18 heavy (non-hydrogen) atoms. The van der Waals surface area contributed by atoms with Gasteiger partial charge in [0.1, 0.15) is 0 Å². The molecule has 1 aromatic heterocycles. The first-order chi connectivity index (χ1) is 8.56. The summed E-state index contributed by atoms with van der Waals surface area (Å²) >= 11 is 7.92. The molecule has 2 N–H and O–H groups in total. The van der Waals surface area contributed by atoms with Gasteiger partial charge in [-0.2, -0.15) is 5.10 Å². The normalized spacial score (nSPS) is 12.7. The number of aromatic nitrogens is 2. The Morgan fingerprint density at radius 3 is 2.89 bits per heavy atom. The second kappa shape index (κ2) is 5.78. The highest BCUT2D eigenvalue weighted by Gasteiger charge is 2.11. The van der Waals surface area contributed by atoms with Crippen molar-refractivity contribution in [3.05, 3.63) is 41.2 Å². The number of aryl methyl sites for hydroxylation is 1. The van der Waals surface area contributed by atoms with Gasteiger partial charge in [-0.15, -0.1) is 0 Å². The maximum atomic E-state index is 6.26. The van der Waals surface area contributed by atoms with Crippen molar-refractivity contribution in [2.45, 2.75) is 29.2 Å². The van der Waals surface area contributed by atoms with Gasteiger partial charge in [0.05, 0.1) is 11.1 Å². The first kappa shape index (κ1) is 13.5. The van der Waals surface area contributed by atoms with Crippen LogP contribution >= 0.6 is 23.4 Å². The molecule has 1 heterocycles. The highest BCUT2D eigenvalue weighted by molar-refractivity contribution is 7.99.